The Bertz CT molecular complexity index is 719. The first-order valence-electron chi connectivity index (χ1n) is 7.28. The van der Waals surface area contributed by atoms with Gasteiger partial charge in [-0.1, -0.05) is 18.5 Å². The number of esters is 1. The highest BCUT2D eigenvalue weighted by Gasteiger charge is 2.22. The molecular weight excluding hydrogens is 356 g/mol. The van der Waals surface area contributed by atoms with Gasteiger partial charge in [-0.25, -0.2) is 17.5 Å². The van der Waals surface area contributed by atoms with Crippen LogP contribution in [0.2, 0.25) is 5.02 Å². The minimum atomic E-state index is -3.71. The molecule has 0 aromatic heterocycles. The van der Waals surface area contributed by atoms with Gasteiger partial charge in [0.05, 0.1) is 15.5 Å². The van der Waals surface area contributed by atoms with Crippen LogP contribution in [-0.4, -0.2) is 51.3 Å². The molecule has 0 saturated heterocycles. The summed E-state index contributed by atoms with van der Waals surface area (Å²) in [6, 6.07) is 3.69. The van der Waals surface area contributed by atoms with Crippen LogP contribution in [0.15, 0.2) is 23.1 Å². The maximum Gasteiger partial charge on any atom is 0.340 e. The summed E-state index contributed by atoms with van der Waals surface area (Å²) >= 11 is 5.93. The number of ether oxygens (including phenoxy) is 1. The number of benzene rings is 1. The number of nitrogens with zero attached hydrogens (tertiary/aromatic N) is 1. The number of carbonyl (C=O) groups is 2. The predicted molar refractivity (Wildman–Crippen MR) is 90.5 cm³/mol. The molecule has 0 radical (unpaired) electrons. The number of rotatable bonds is 7. The normalized spacial score (nSPS) is 12.8. The zero-order chi connectivity index (χ0) is 18.5. The van der Waals surface area contributed by atoms with E-state index in [0.717, 1.165) is 16.8 Å². The van der Waals surface area contributed by atoms with E-state index in [1.54, 1.807) is 0 Å². The molecule has 24 heavy (non-hydrogen) atoms. The Hall–Kier alpha value is -1.64. The Balaban J connectivity index is 2.90. The molecule has 0 fully saturated rings. The largest absolute Gasteiger partial charge is 0.452 e. The average molecular weight is 377 g/mol. The van der Waals surface area contributed by atoms with E-state index in [1.807, 2.05) is 13.8 Å². The zero-order valence-electron chi connectivity index (χ0n) is 14.0. The Labute approximate surface area is 147 Å². The third-order valence-electron chi connectivity index (χ3n) is 3.29. The maximum absolute atomic E-state index is 12.1. The summed E-state index contributed by atoms with van der Waals surface area (Å²) < 4.78 is 30.1. The first-order valence-corrected chi connectivity index (χ1v) is 9.10. The summed E-state index contributed by atoms with van der Waals surface area (Å²) in [4.78, 5) is 23.6. The zero-order valence-corrected chi connectivity index (χ0v) is 15.6. The van der Waals surface area contributed by atoms with Gasteiger partial charge >= 0.3 is 5.97 Å². The fourth-order valence-corrected chi connectivity index (χ4v) is 2.78. The topological polar surface area (TPSA) is 92.8 Å². The predicted octanol–water partition coefficient (Wildman–Crippen LogP) is 1.66. The van der Waals surface area contributed by atoms with Crippen LogP contribution in [-0.2, 0) is 19.6 Å². The average Bonchev–Trinajstić information content (AvgIpc) is 2.52. The van der Waals surface area contributed by atoms with Gasteiger partial charge in [-0.05, 0) is 31.5 Å². The molecule has 134 valence electrons. The number of halogens is 1. The third-order valence-corrected chi connectivity index (χ3v) is 5.43. The number of sulfonamides is 1. The van der Waals surface area contributed by atoms with Crippen molar-refractivity contribution in [1.82, 2.24) is 9.62 Å². The molecule has 0 aliphatic carbocycles. The summed E-state index contributed by atoms with van der Waals surface area (Å²) in [6.07, 6.45) is 0.746. The van der Waals surface area contributed by atoms with Crippen molar-refractivity contribution in [1.29, 1.82) is 0 Å². The fourth-order valence-electron chi connectivity index (χ4n) is 1.66. The lowest BCUT2D eigenvalue weighted by atomic mass is 10.2. The van der Waals surface area contributed by atoms with Gasteiger partial charge in [0, 0.05) is 20.1 Å². The van der Waals surface area contributed by atoms with Crippen LogP contribution in [0, 0.1) is 0 Å². The second-order valence-electron chi connectivity index (χ2n) is 5.38. The minimum Gasteiger partial charge on any atom is -0.452 e. The maximum atomic E-state index is 12.1. The van der Waals surface area contributed by atoms with E-state index in [2.05, 4.69) is 5.32 Å². The lowest BCUT2D eigenvalue weighted by Gasteiger charge is -2.14. The number of carbonyl (C=O) groups excluding carboxylic acids is 2. The van der Waals surface area contributed by atoms with Gasteiger partial charge in [0.25, 0.3) is 5.91 Å². The Morgan fingerprint density at radius 1 is 1.33 bits per heavy atom. The number of nitrogens with one attached hydrogen (secondary N) is 1. The van der Waals surface area contributed by atoms with Gasteiger partial charge in [-0.3, -0.25) is 4.79 Å². The molecule has 1 atom stereocenters. The minimum absolute atomic E-state index is 0.0339. The van der Waals surface area contributed by atoms with Crippen LogP contribution in [0.4, 0.5) is 0 Å². The van der Waals surface area contributed by atoms with E-state index in [9.17, 15) is 18.0 Å². The highest BCUT2D eigenvalue weighted by atomic mass is 35.5. The first-order chi connectivity index (χ1) is 11.1. The summed E-state index contributed by atoms with van der Waals surface area (Å²) in [5.74, 6) is -1.30. The summed E-state index contributed by atoms with van der Waals surface area (Å²) in [5.41, 5.74) is -0.115. The molecule has 1 amide bonds. The Morgan fingerprint density at radius 3 is 2.50 bits per heavy atom. The van der Waals surface area contributed by atoms with Gasteiger partial charge in [-0.2, -0.15) is 0 Å². The van der Waals surface area contributed by atoms with Crippen molar-refractivity contribution in [2.24, 2.45) is 0 Å². The molecule has 1 N–H and O–H groups in total. The molecule has 9 heteroatoms. The molecule has 1 aromatic rings. The fraction of sp³-hybridized carbons (Fsp3) is 0.467. The van der Waals surface area contributed by atoms with Crippen LogP contribution in [0.1, 0.15) is 30.6 Å². The highest BCUT2D eigenvalue weighted by Crippen LogP contribution is 2.22. The molecule has 0 saturated carbocycles. The molecule has 0 aliphatic heterocycles. The molecule has 1 rings (SSSR count). The lowest BCUT2D eigenvalue weighted by Crippen LogP contribution is -2.35. The van der Waals surface area contributed by atoms with Crippen molar-refractivity contribution in [2.75, 3.05) is 20.7 Å². The van der Waals surface area contributed by atoms with Gasteiger partial charge < -0.3 is 10.1 Å². The molecule has 1 aromatic carbocycles. The molecule has 0 spiro atoms. The third kappa shape index (κ3) is 5.19. The smallest absolute Gasteiger partial charge is 0.340 e. The number of hydrogen-bond donors (Lipinski definition) is 1. The van der Waals surface area contributed by atoms with E-state index in [-0.39, 0.29) is 21.5 Å². The molecule has 0 unspecified atom stereocenters. The van der Waals surface area contributed by atoms with Crippen LogP contribution in [0.3, 0.4) is 0 Å². The summed E-state index contributed by atoms with van der Waals surface area (Å²) in [5, 5.41) is 2.69. The van der Waals surface area contributed by atoms with E-state index in [1.165, 1.54) is 26.2 Å². The number of hydrogen-bond acceptors (Lipinski definition) is 5. The first kappa shape index (κ1) is 20.4. The monoisotopic (exact) mass is 376 g/mol. The second-order valence-corrected chi connectivity index (χ2v) is 7.94. The Morgan fingerprint density at radius 2 is 1.96 bits per heavy atom. The van der Waals surface area contributed by atoms with Crippen molar-refractivity contribution >= 4 is 33.5 Å². The molecule has 0 aliphatic rings. The SMILES string of the molecule is CC[C@@H](C)NC(=O)COC(=O)c1cc(S(=O)(=O)N(C)C)ccc1Cl. The Kier molecular flexibility index (Phi) is 7.19. The van der Waals surface area contributed by atoms with Crippen LogP contribution >= 0.6 is 11.6 Å². The van der Waals surface area contributed by atoms with E-state index >= 15 is 0 Å². The van der Waals surface area contributed by atoms with Crippen molar-refractivity contribution in [3.63, 3.8) is 0 Å². The van der Waals surface area contributed by atoms with E-state index in [4.69, 9.17) is 16.3 Å². The van der Waals surface area contributed by atoms with Crippen molar-refractivity contribution in [3.8, 4) is 0 Å². The van der Waals surface area contributed by atoms with E-state index < -0.39 is 28.5 Å². The van der Waals surface area contributed by atoms with Crippen molar-refractivity contribution in [2.45, 2.75) is 31.2 Å². The van der Waals surface area contributed by atoms with Gasteiger partial charge in [-0.15, -0.1) is 0 Å². The summed E-state index contributed by atoms with van der Waals surface area (Å²) in [7, 11) is -0.960. The van der Waals surface area contributed by atoms with Crippen molar-refractivity contribution in [3.05, 3.63) is 28.8 Å². The van der Waals surface area contributed by atoms with Gasteiger partial charge in [0.15, 0.2) is 6.61 Å². The van der Waals surface area contributed by atoms with Crippen molar-refractivity contribution < 1.29 is 22.7 Å². The quantitative estimate of drug-likeness (QED) is 0.730. The lowest BCUT2D eigenvalue weighted by molar-refractivity contribution is -0.124. The number of amides is 1. The molecule has 7 nitrogen and oxygen atoms in total. The standard InChI is InChI=1S/C15H21ClN2O5S/c1-5-10(2)17-14(19)9-23-15(20)12-8-11(6-7-13(12)16)24(21,22)18(3)4/h6-8,10H,5,9H2,1-4H3,(H,17,19)/t10-/m1/s1. The second kappa shape index (κ2) is 8.46. The van der Waals surface area contributed by atoms with Crippen LogP contribution in [0.5, 0.6) is 0 Å². The summed E-state index contributed by atoms with van der Waals surface area (Å²) in [6.45, 7) is 3.27. The molecule has 0 heterocycles. The van der Waals surface area contributed by atoms with Gasteiger partial charge in [0.1, 0.15) is 0 Å². The molecular formula is C15H21ClN2O5S. The molecule has 0 bridgehead atoms. The highest BCUT2D eigenvalue weighted by molar-refractivity contribution is 7.89. The van der Waals surface area contributed by atoms with Gasteiger partial charge in [0.2, 0.25) is 10.0 Å². The van der Waals surface area contributed by atoms with E-state index in [0.29, 0.717) is 0 Å². The van der Waals surface area contributed by atoms with Crippen LogP contribution in [0.25, 0.3) is 0 Å². The van der Waals surface area contributed by atoms with Crippen LogP contribution < -0.4 is 5.32 Å².